The van der Waals surface area contributed by atoms with Gasteiger partial charge < -0.3 is 10.2 Å². The average Bonchev–Trinajstić information content (AvgIpc) is 2.47. The lowest BCUT2D eigenvalue weighted by Crippen LogP contribution is -2.42. The van der Waals surface area contributed by atoms with Crippen molar-refractivity contribution in [3.05, 3.63) is 23.9 Å². The molecule has 1 aromatic rings. The number of carbonyl (C=O) groups excluding carboxylic acids is 1. The molecule has 2 rings (SSSR count). The molecular formula is C14H21N3OS. The van der Waals surface area contributed by atoms with Gasteiger partial charge in [-0.1, -0.05) is 13.0 Å². The number of hydrogen-bond acceptors (Lipinski definition) is 4. The van der Waals surface area contributed by atoms with E-state index in [0.717, 1.165) is 37.6 Å². The predicted molar refractivity (Wildman–Crippen MR) is 80.8 cm³/mol. The minimum Gasteiger partial charge on any atom is -0.370 e. The molecule has 1 unspecified atom stereocenters. The van der Waals surface area contributed by atoms with Crippen molar-refractivity contribution in [2.24, 2.45) is 0 Å². The smallest absolute Gasteiger partial charge is 0.272 e. The van der Waals surface area contributed by atoms with Crippen LogP contribution in [0.15, 0.2) is 18.2 Å². The van der Waals surface area contributed by atoms with Crippen LogP contribution in [0.2, 0.25) is 0 Å². The van der Waals surface area contributed by atoms with E-state index in [9.17, 15) is 4.79 Å². The van der Waals surface area contributed by atoms with Crippen molar-refractivity contribution < 1.29 is 4.79 Å². The minimum absolute atomic E-state index is 0.0542. The first-order valence-corrected chi connectivity index (χ1v) is 7.91. The third-order valence-electron chi connectivity index (χ3n) is 3.21. The van der Waals surface area contributed by atoms with Crippen LogP contribution in [0, 0.1) is 0 Å². The van der Waals surface area contributed by atoms with Gasteiger partial charge in [-0.2, -0.15) is 11.8 Å². The van der Waals surface area contributed by atoms with Crippen LogP contribution < -0.4 is 5.32 Å². The molecule has 0 aliphatic carbocycles. The van der Waals surface area contributed by atoms with E-state index in [1.54, 1.807) is 6.07 Å². The molecule has 19 heavy (non-hydrogen) atoms. The second-order valence-corrected chi connectivity index (χ2v) is 6.00. The summed E-state index contributed by atoms with van der Waals surface area (Å²) in [6, 6.07) is 5.57. The molecule has 1 aromatic heterocycles. The van der Waals surface area contributed by atoms with E-state index in [4.69, 9.17) is 0 Å². The molecule has 1 aliphatic rings. The topological polar surface area (TPSA) is 45.2 Å². The SMILES string of the molecule is CCNc1cccc(C(=O)N2CCSC(CC)C2)n1. The number of hydrogen-bond donors (Lipinski definition) is 1. The fourth-order valence-corrected chi connectivity index (χ4v) is 3.33. The van der Waals surface area contributed by atoms with E-state index in [1.807, 2.05) is 35.7 Å². The Morgan fingerprint density at radius 1 is 1.53 bits per heavy atom. The van der Waals surface area contributed by atoms with E-state index in [-0.39, 0.29) is 5.91 Å². The molecule has 1 atom stereocenters. The molecule has 104 valence electrons. The fourth-order valence-electron chi connectivity index (χ4n) is 2.15. The first-order chi connectivity index (χ1) is 9.24. The summed E-state index contributed by atoms with van der Waals surface area (Å²) >= 11 is 1.96. The highest BCUT2D eigenvalue weighted by Gasteiger charge is 2.24. The molecule has 1 saturated heterocycles. The van der Waals surface area contributed by atoms with Crippen molar-refractivity contribution in [1.29, 1.82) is 0 Å². The molecule has 0 spiro atoms. The number of rotatable bonds is 4. The Hall–Kier alpha value is -1.23. The zero-order valence-corrected chi connectivity index (χ0v) is 12.4. The molecule has 1 fully saturated rings. The summed E-state index contributed by atoms with van der Waals surface area (Å²) in [6.07, 6.45) is 1.11. The summed E-state index contributed by atoms with van der Waals surface area (Å²) in [7, 11) is 0. The molecular weight excluding hydrogens is 258 g/mol. The second-order valence-electron chi connectivity index (χ2n) is 4.59. The van der Waals surface area contributed by atoms with Gasteiger partial charge in [0.1, 0.15) is 11.5 Å². The summed E-state index contributed by atoms with van der Waals surface area (Å²) in [5.41, 5.74) is 0.542. The lowest BCUT2D eigenvalue weighted by atomic mass is 10.2. The summed E-state index contributed by atoms with van der Waals surface area (Å²) in [5, 5.41) is 3.70. The number of nitrogens with one attached hydrogen (secondary N) is 1. The first-order valence-electron chi connectivity index (χ1n) is 6.86. The summed E-state index contributed by atoms with van der Waals surface area (Å²) < 4.78 is 0. The Kier molecular flexibility index (Phi) is 5.07. The van der Waals surface area contributed by atoms with Gasteiger partial charge in [-0.25, -0.2) is 4.98 Å². The lowest BCUT2D eigenvalue weighted by molar-refractivity contribution is 0.0755. The number of thioether (sulfide) groups is 1. The lowest BCUT2D eigenvalue weighted by Gasteiger charge is -2.31. The molecule has 1 N–H and O–H groups in total. The van der Waals surface area contributed by atoms with Gasteiger partial charge in [-0.05, 0) is 25.5 Å². The van der Waals surface area contributed by atoms with Gasteiger partial charge >= 0.3 is 0 Å². The Balaban J connectivity index is 2.08. The van der Waals surface area contributed by atoms with Gasteiger partial charge in [0.2, 0.25) is 0 Å². The molecule has 0 saturated carbocycles. The van der Waals surface area contributed by atoms with Gasteiger partial charge in [-0.3, -0.25) is 4.79 Å². The van der Waals surface area contributed by atoms with Crippen LogP contribution in [0.3, 0.4) is 0 Å². The highest BCUT2D eigenvalue weighted by Crippen LogP contribution is 2.22. The number of anilines is 1. The zero-order chi connectivity index (χ0) is 13.7. The maximum atomic E-state index is 12.4. The van der Waals surface area contributed by atoms with Crippen LogP contribution in [0.1, 0.15) is 30.8 Å². The Bertz CT molecular complexity index is 438. The third kappa shape index (κ3) is 3.62. The van der Waals surface area contributed by atoms with Crippen molar-refractivity contribution in [2.45, 2.75) is 25.5 Å². The van der Waals surface area contributed by atoms with Crippen LogP contribution >= 0.6 is 11.8 Å². The van der Waals surface area contributed by atoms with E-state index in [0.29, 0.717) is 10.9 Å². The number of carbonyl (C=O) groups is 1. The summed E-state index contributed by atoms with van der Waals surface area (Å²) in [5.74, 6) is 1.85. The average molecular weight is 279 g/mol. The number of nitrogens with zero attached hydrogens (tertiary/aromatic N) is 2. The third-order valence-corrected chi connectivity index (χ3v) is 4.58. The Labute approximate surface area is 119 Å². The predicted octanol–water partition coefficient (Wildman–Crippen LogP) is 2.48. The molecule has 1 amide bonds. The van der Waals surface area contributed by atoms with Crippen LogP contribution in [-0.2, 0) is 0 Å². The highest BCUT2D eigenvalue weighted by molar-refractivity contribution is 8.00. The quantitative estimate of drug-likeness (QED) is 0.919. The molecule has 0 aromatic carbocycles. The van der Waals surface area contributed by atoms with E-state index < -0.39 is 0 Å². The van der Waals surface area contributed by atoms with Crippen molar-refractivity contribution in [3.63, 3.8) is 0 Å². The normalized spacial score (nSPS) is 19.3. The summed E-state index contributed by atoms with van der Waals surface area (Å²) in [6.45, 7) is 6.67. The maximum Gasteiger partial charge on any atom is 0.272 e. The molecule has 1 aliphatic heterocycles. The standard InChI is InChI=1S/C14H21N3OS/c1-3-11-10-17(8-9-19-11)14(18)12-6-5-7-13(16-12)15-4-2/h5-7,11H,3-4,8-10H2,1-2H3,(H,15,16). The maximum absolute atomic E-state index is 12.4. The van der Waals surface area contributed by atoms with Crippen molar-refractivity contribution in [2.75, 3.05) is 30.7 Å². The largest absolute Gasteiger partial charge is 0.370 e. The highest BCUT2D eigenvalue weighted by atomic mass is 32.2. The van der Waals surface area contributed by atoms with E-state index in [2.05, 4.69) is 17.2 Å². The fraction of sp³-hybridized carbons (Fsp3) is 0.571. The van der Waals surface area contributed by atoms with Gasteiger partial charge in [-0.15, -0.1) is 0 Å². The van der Waals surface area contributed by atoms with Crippen LogP contribution in [0.4, 0.5) is 5.82 Å². The monoisotopic (exact) mass is 279 g/mol. The van der Waals surface area contributed by atoms with Gasteiger partial charge in [0, 0.05) is 30.6 Å². The van der Waals surface area contributed by atoms with E-state index in [1.165, 1.54) is 0 Å². The van der Waals surface area contributed by atoms with Crippen LogP contribution in [0.25, 0.3) is 0 Å². The van der Waals surface area contributed by atoms with Crippen molar-refractivity contribution in [1.82, 2.24) is 9.88 Å². The number of amides is 1. The minimum atomic E-state index is 0.0542. The molecule has 0 bridgehead atoms. The number of aromatic nitrogens is 1. The second kappa shape index (κ2) is 6.80. The van der Waals surface area contributed by atoms with Crippen molar-refractivity contribution in [3.8, 4) is 0 Å². The Morgan fingerprint density at radius 3 is 3.11 bits per heavy atom. The summed E-state index contributed by atoms with van der Waals surface area (Å²) in [4.78, 5) is 18.8. The molecule has 4 nitrogen and oxygen atoms in total. The first kappa shape index (κ1) is 14.2. The van der Waals surface area contributed by atoms with Crippen LogP contribution in [0.5, 0.6) is 0 Å². The molecule has 2 heterocycles. The Morgan fingerprint density at radius 2 is 2.37 bits per heavy atom. The number of pyridine rings is 1. The van der Waals surface area contributed by atoms with Gasteiger partial charge in [0.05, 0.1) is 0 Å². The zero-order valence-electron chi connectivity index (χ0n) is 11.6. The molecule has 5 heteroatoms. The van der Waals surface area contributed by atoms with E-state index >= 15 is 0 Å². The van der Waals surface area contributed by atoms with Crippen LogP contribution in [-0.4, -0.2) is 46.4 Å². The molecule has 0 radical (unpaired) electrons. The van der Waals surface area contributed by atoms with Crippen molar-refractivity contribution >= 4 is 23.5 Å². The van der Waals surface area contributed by atoms with Gasteiger partial charge in [0.25, 0.3) is 5.91 Å². The van der Waals surface area contributed by atoms with Gasteiger partial charge in [0.15, 0.2) is 0 Å².